The van der Waals surface area contributed by atoms with Gasteiger partial charge in [-0.2, -0.15) is 0 Å². The molecule has 3 aromatic rings. The molecule has 2 aromatic carbocycles. The molecule has 3 rings (SSSR count). The Labute approximate surface area is 167 Å². The molecule has 1 N–H and O–H groups in total. The molecular formula is C21H19FN2O3S. The third-order valence-electron chi connectivity index (χ3n) is 3.97. The lowest BCUT2D eigenvalue weighted by Gasteiger charge is -2.10. The van der Waals surface area contributed by atoms with Crippen LogP contribution in [0.5, 0.6) is 17.4 Å². The van der Waals surface area contributed by atoms with Crippen LogP contribution in [-0.2, 0) is 6.54 Å². The summed E-state index contributed by atoms with van der Waals surface area (Å²) in [5, 5.41) is 2.89. The quantitative estimate of drug-likeness (QED) is 0.573. The number of carbonyl (C=O) groups is 1. The van der Waals surface area contributed by atoms with Crippen LogP contribution in [0.2, 0.25) is 0 Å². The van der Waals surface area contributed by atoms with Gasteiger partial charge in [-0.15, -0.1) is 0 Å². The maximum atomic E-state index is 13.0. The number of halogens is 1. The molecule has 5 nitrogen and oxygen atoms in total. The van der Waals surface area contributed by atoms with Crippen molar-refractivity contribution in [3.8, 4) is 17.4 Å². The number of nitrogens with one attached hydrogen (secondary N) is 1. The van der Waals surface area contributed by atoms with Gasteiger partial charge >= 0.3 is 0 Å². The zero-order valence-electron chi connectivity index (χ0n) is 15.4. The minimum atomic E-state index is -0.350. The lowest BCUT2D eigenvalue weighted by molar-refractivity contribution is 0.0950. The summed E-state index contributed by atoms with van der Waals surface area (Å²) in [6, 6.07) is 14.5. The molecule has 28 heavy (non-hydrogen) atoms. The molecule has 0 radical (unpaired) electrons. The van der Waals surface area contributed by atoms with Crippen molar-refractivity contribution in [2.75, 3.05) is 6.26 Å². The van der Waals surface area contributed by atoms with Gasteiger partial charge in [0.15, 0.2) is 0 Å². The van der Waals surface area contributed by atoms with Gasteiger partial charge < -0.3 is 14.2 Å². The number of benzene rings is 2. The molecule has 0 aliphatic heterocycles. The number of hydrogen-bond acceptors (Lipinski definition) is 5. The molecular weight excluding hydrogens is 379 g/mol. The van der Waals surface area contributed by atoms with Crippen LogP contribution >= 0.6 is 12.0 Å². The largest absolute Gasteiger partial charge is 0.439 e. The van der Waals surface area contributed by atoms with Crippen LogP contribution in [-0.4, -0.2) is 17.1 Å². The van der Waals surface area contributed by atoms with Crippen LogP contribution in [0.4, 0.5) is 4.39 Å². The number of aromatic nitrogens is 1. The second kappa shape index (κ2) is 9.23. The van der Waals surface area contributed by atoms with Gasteiger partial charge in [-0.3, -0.25) is 4.79 Å². The Bertz CT molecular complexity index is 964. The number of aryl methyl sites for hydroxylation is 1. The van der Waals surface area contributed by atoms with Crippen molar-refractivity contribution in [2.24, 2.45) is 0 Å². The van der Waals surface area contributed by atoms with E-state index in [0.29, 0.717) is 17.9 Å². The molecule has 0 atom stereocenters. The van der Waals surface area contributed by atoms with Crippen LogP contribution in [0.25, 0.3) is 0 Å². The van der Waals surface area contributed by atoms with Crippen LogP contribution < -0.4 is 14.2 Å². The predicted octanol–water partition coefficient (Wildman–Crippen LogP) is 4.91. The molecule has 7 heteroatoms. The first-order valence-electron chi connectivity index (χ1n) is 8.53. The molecule has 0 unspecified atom stereocenters. The van der Waals surface area contributed by atoms with Gasteiger partial charge in [-0.05, 0) is 60.5 Å². The molecule has 0 saturated heterocycles. The monoisotopic (exact) mass is 398 g/mol. The number of rotatable bonds is 7. The number of carbonyl (C=O) groups excluding carboxylic acids is 1. The predicted molar refractivity (Wildman–Crippen MR) is 107 cm³/mol. The first-order chi connectivity index (χ1) is 13.5. The van der Waals surface area contributed by atoms with Crippen molar-refractivity contribution in [1.29, 1.82) is 0 Å². The van der Waals surface area contributed by atoms with Crippen LogP contribution in [0.3, 0.4) is 0 Å². The molecule has 144 valence electrons. The molecule has 1 heterocycles. The standard InChI is InChI=1S/C21H19FN2O3S/c1-14-11-19(27-28-2)6-3-16(14)13-24-21(25)15-9-10-23-20(12-15)26-18-7-4-17(22)5-8-18/h3-12H,13H2,1-2H3,(H,24,25). The topological polar surface area (TPSA) is 60.5 Å². The van der Waals surface area contributed by atoms with Gasteiger partial charge in [0.1, 0.15) is 17.3 Å². The van der Waals surface area contributed by atoms with E-state index in [0.717, 1.165) is 16.9 Å². The van der Waals surface area contributed by atoms with E-state index in [1.165, 1.54) is 42.5 Å². The van der Waals surface area contributed by atoms with Crippen LogP contribution in [0.1, 0.15) is 21.5 Å². The summed E-state index contributed by atoms with van der Waals surface area (Å²) in [7, 11) is 0. The maximum Gasteiger partial charge on any atom is 0.251 e. The highest BCUT2D eigenvalue weighted by molar-refractivity contribution is 7.94. The summed E-state index contributed by atoms with van der Waals surface area (Å²) in [4.78, 5) is 16.6. The van der Waals surface area contributed by atoms with Crippen LogP contribution in [0, 0.1) is 12.7 Å². The average Bonchev–Trinajstić information content (AvgIpc) is 2.69. The van der Waals surface area contributed by atoms with Crippen molar-refractivity contribution in [2.45, 2.75) is 13.5 Å². The zero-order chi connectivity index (χ0) is 19.9. The third-order valence-corrected chi connectivity index (χ3v) is 4.33. The Kier molecular flexibility index (Phi) is 6.49. The van der Waals surface area contributed by atoms with Gasteiger partial charge in [-0.1, -0.05) is 6.07 Å². The Balaban J connectivity index is 1.64. The average molecular weight is 398 g/mol. The highest BCUT2D eigenvalue weighted by atomic mass is 32.2. The highest BCUT2D eigenvalue weighted by Gasteiger charge is 2.09. The summed E-state index contributed by atoms with van der Waals surface area (Å²) in [6.07, 6.45) is 3.35. The molecule has 1 aromatic heterocycles. The lowest BCUT2D eigenvalue weighted by Crippen LogP contribution is -2.23. The molecule has 0 fully saturated rings. The molecule has 0 bridgehead atoms. The fourth-order valence-electron chi connectivity index (χ4n) is 2.52. The normalized spacial score (nSPS) is 10.4. The minimum absolute atomic E-state index is 0.241. The Morgan fingerprint density at radius 1 is 1.11 bits per heavy atom. The highest BCUT2D eigenvalue weighted by Crippen LogP contribution is 2.21. The van der Waals surface area contributed by atoms with Gasteiger partial charge in [0.2, 0.25) is 5.88 Å². The first-order valence-corrected chi connectivity index (χ1v) is 9.68. The van der Waals surface area contributed by atoms with Crippen molar-refractivity contribution < 1.29 is 18.1 Å². The molecule has 0 spiro atoms. The van der Waals surface area contributed by atoms with E-state index >= 15 is 0 Å². The van der Waals surface area contributed by atoms with E-state index in [4.69, 9.17) is 8.92 Å². The van der Waals surface area contributed by atoms with E-state index < -0.39 is 0 Å². The maximum absolute atomic E-state index is 13.0. The van der Waals surface area contributed by atoms with Gasteiger partial charge in [0.05, 0.1) is 12.0 Å². The molecule has 0 aliphatic rings. The Hall–Kier alpha value is -3.06. The first kappa shape index (κ1) is 19.7. The number of ether oxygens (including phenoxy) is 1. The summed E-state index contributed by atoms with van der Waals surface area (Å²) in [6.45, 7) is 2.36. The SMILES string of the molecule is CSOc1ccc(CNC(=O)c2ccnc(Oc3ccc(F)cc3)c2)c(C)c1. The van der Waals surface area contributed by atoms with E-state index in [-0.39, 0.29) is 17.6 Å². The van der Waals surface area contributed by atoms with E-state index in [1.807, 2.05) is 31.4 Å². The van der Waals surface area contributed by atoms with Gasteiger partial charge in [0.25, 0.3) is 5.91 Å². The summed E-state index contributed by atoms with van der Waals surface area (Å²) in [5.41, 5.74) is 2.45. The van der Waals surface area contributed by atoms with Gasteiger partial charge in [0, 0.05) is 30.6 Å². The summed E-state index contributed by atoms with van der Waals surface area (Å²) >= 11 is 1.28. The fraction of sp³-hybridized carbons (Fsp3) is 0.143. The van der Waals surface area contributed by atoms with Gasteiger partial charge in [-0.25, -0.2) is 9.37 Å². The number of hydrogen-bond donors (Lipinski definition) is 1. The Morgan fingerprint density at radius 2 is 1.86 bits per heavy atom. The van der Waals surface area contributed by atoms with Crippen molar-refractivity contribution in [1.82, 2.24) is 10.3 Å². The zero-order valence-corrected chi connectivity index (χ0v) is 16.3. The van der Waals surface area contributed by atoms with Crippen molar-refractivity contribution in [3.05, 3.63) is 83.3 Å². The third kappa shape index (κ3) is 5.23. The van der Waals surface area contributed by atoms with Crippen LogP contribution in [0.15, 0.2) is 60.8 Å². The second-order valence-electron chi connectivity index (χ2n) is 5.96. The number of nitrogens with zero attached hydrogens (tertiary/aromatic N) is 1. The second-order valence-corrected chi connectivity index (χ2v) is 6.46. The minimum Gasteiger partial charge on any atom is -0.439 e. The number of amides is 1. The smallest absolute Gasteiger partial charge is 0.251 e. The van der Waals surface area contributed by atoms with Crippen molar-refractivity contribution >= 4 is 17.9 Å². The fourth-order valence-corrected chi connectivity index (χ4v) is 2.82. The molecule has 0 saturated carbocycles. The summed E-state index contributed by atoms with van der Waals surface area (Å²) in [5.74, 6) is 0.882. The van der Waals surface area contributed by atoms with E-state index in [9.17, 15) is 9.18 Å². The van der Waals surface area contributed by atoms with Crippen molar-refractivity contribution in [3.63, 3.8) is 0 Å². The number of pyridine rings is 1. The Morgan fingerprint density at radius 3 is 2.57 bits per heavy atom. The van der Waals surface area contributed by atoms with E-state index in [2.05, 4.69) is 10.3 Å². The van der Waals surface area contributed by atoms with E-state index in [1.54, 1.807) is 12.1 Å². The molecule has 1 amide bonds. The summed E-state index contributed by atoms with van der Waals surface area (Å²) < 4.78 is 23.9. The lowest BCUT2D eigenvalue weighted by atomic mass is 10.1. The molecule has 0 aliphatic carbocycles.